The molecule has 0 radical (unpaired) electrons. The number of ether oxygens (including phenoxy) is 2. The summed E-state index contributed by atoms with van der Waals surface area (Å²) in [6.45, 7) is 0.0606. The van der Waals surface area contributed by atoms with Crippen molar-refractivity contribution in [3.05, 3.63) is 42.7 Å². The van der Waals surface area contributed by atoms with E-state index in [0.29, 0.717) is 16.7 Å². The van der Waals surface area contributed by atoms with Crippen LogP contribution in [0.15, 0.2) is 47.9 Å². The van der Waals surface area contributed by atoms with E-state index in [9.17, 15) is 9.59 Å². The number of hydrogen-bond acceptors (Lipinski definition) is 7. The highest BCUT2D eigenvalue weighted by Crippen LogP contribution is 2.30. The van der Waals surface area contributed by atoms with E-state index in [1.807, 2.05) is 6.07 Å². The highest BCUT2D eigenvalue weighted by Gasteiger charge is 2.28. The third-order valence-corrected chi connectivity index (χ3v) is 3.81. The predicted molar refractivity (Wildman–Crippen MR) is 82.3 cm³/mol. The Kier molecular flexibility index (Phi) is 4.72. The summed E-state index contributed by atoms with van der Waals surface area (Å²) in [5.41, 5.74) is 0. The number of imide groups is 1. The zero-order chi connectivity index (χ0) is 16.1. The largest absolute Gasteiger partial charge is 0.485 e. The van der Waals surface area contributed by atoms with Crippen LogP contribution in [0.2, 0.25) is 0 Å². The van der Waals surface area contributed by atoms with Gasteiger partial charge in [-0.3, -0.25) is 14.9 Å². The lowest BCUT2D eigenvalue weighted by atomic mass is 10.2. The smallest absolute Gasteiger partial charge is 0.271 e. The highest BCUT2D eigenvalue weighted by atomic mass is 32.2. The summed E-state index contributed by atoms with van der Waals surface area (Å²) in [6.07, 6.45) is 2.32. The monoisotopic (exact) mass is 331 g/mol. The van der Waals surface area contributed by atoms with Crippen LogP contribution in [0.1, 0.15) is 0 Å². The van der Waals surface area contributed by atoms with Crippen molar-refractivity contribution < 1.29 is 19.1 Å². The molecule has 0 saturated carbocycles. The lowest BCUT2D eigenvalue weighted by Gasteiger charge is -2.25. The summed E-state index contributed by atoms with van der Waals surface area (Å²) in [7, 11) is 0. The molecule has 1 aromatic carbocycles. The van der Waals surface area contributed by atoms with Crippen LogP contribution in [0.3, 0.4) is 0 Å². The van der Waals surface area contributed by atoms with E-state index >= 15 is 0 Å². The van der Waals surface area contributed by atoms with Crippen molar-refractivity contribution in [3.63, 3.8) is 0 Å². The maximum absolute atomic E-state index is 12.1. The molecular formula is C15H13N3O4S. The molecule has 1 aromatic heterocycles. The van der Waals surface area contributed by atoms with Gasteiger partial charge in [-0.15, -0.1) is 0 Å². The number of nitrogens with one attached hydrogen (secondary N) is 1. The van der Waals surface area contributed by atoms with Crippen LogP contribution in [0.5, 0.6) is 11.5 Å². The lowest BCUT2D eigenvalue weighted by molar-refractivity contribution is -0.135. The number of thioether (sulfide) groups is 1. The molecule has 0 aliphatic carbocycles. The van der Waals surface area contributed by atoms with E-state index in [4.69, 9.17) is 9.47 Å². The number of aromatic nitrogens is 2. The molecule has 0 bridgehead atoms. The second kappa shape index (κ2) is 7.10. The molecule has 0 spiro atoms. The van der Waals surface area contributed by atoms with Crippen molar-refractivity contribution in [2.24, 2.45) is 0 Å². The van der Waals surface area contributed by atoms with Crippen molar-refractivity contribution in [1.29, 1.82) is 0 Å². The first-order valence-electron chi connectivity index (χ1n) is 6.84. The molecule has 2 amide bonds. The summed E-state index contributed by atoms with van der Waals surface area (Å²) in [6, 6.07) is 8.75. The second-order valence-corrected chi connectivity index (χ2v) is 5.54. The summed E-state index contributed by atoms with van der Waals surface area (Å²) < 4.78 is 11.0. The van der Waals surface area contributed by atoms with E-state index < -0.39 is 17.9 Å². The van der Waals surface area contributed by atoms with E-state index in [1.165, 1.54) is 0 Å². The SMILES string of the molecule is O=C(CSc1ncccn1)NC(=O)[C@H]1COc2ccccc2O1. The Morgan fingerprint density at radius 2 is 1.91 bits per heavy atom. The third kappa shape index (κ3) is 3.98. The Balaban J connectivity index is 1.50. The van der Waals surface area contributed by atoms with Gasteiger partial charge >= 0.3 is 0 Å². The van der Waals surface area contributed by atoms with Gasteiger partial charge in [-0.25, -0.2) is 9.97 Å². The molecule has 1 aliphatic rings. The third-order valence-electron chi connectivity index (χ3n) is 2.94. The summed E-state index contributed by atoms with van der Waals surface area (Å²) in [5, 5.41) is 2.76. The van der Waals surface area contributed by atoms with Gasteiger partial charge in [0.25, 0.3) is 5.91 Å². The van der Waals surface area contributed by atoms with Crippen LogP contribution in [0, 0.1) is 0 Å². The summed E-state index contributed by atoms with van der Waals surface area (Å²) in [5.74, 6) is 0.145. The fourth-order valence-corrected chi connectivity index (χ4v) is 2.50. The van der Waals surface area contributed by atoms with E-state index in [2.05, 4.69) is 15.3 Å². The standard InChI is InChI=1S/C15H13N3O4S/c19-13(9-23-15-16-6-3-7-17-15)18-14(20)12-8-21-10-4-1-2-5-11(10)22-12/h1-7,12H,8-9H2,(H,18,19,20)/t12-/m1/s1. The number of hydrogen-bond donors (Lipinski definition) is 1. The van der Waals surface area contributed by atoms with Gasteiger partial charge in [0.05, 0.1) is 5.75 Å². The van der Waals surface area contributed by atoms with Gasteiger partial charge in [-0.05, 0) is 18.2 Å². The first-order valence-corrected chi connectivity index (χ1v) is 7.83. The van der Waals surface area contributed by atoms with Gasteiger partial charge < -0.3 is 9.47 Å². The Hall–Kier alpha value is -2.61. The number of benzene rings is 1. The number of fused-ring (bicyclic) bond motifs is 1. The van der Waals surface area contributed by atoms with Gasteiger partial charge in [0.15, 0.2) is 16.7 Å². The van der Waals surface area contributed by atoms with Gasteiger partial charge in [0.2, 0.25) is 12.0 Å². The highest BCUT2D eigenvalue weighted by molar-refractivity contribution is 7.99. The lowest BCUT2D eigenvalue weighted by Crippen LogP contribution is -2.46. The van der Waals surface area contributed by atoms with Crippen molar-refractivity contribution >= 4 is 23.6 Å². The number of rotatable bonds is 4. The molecule has 8 heteroatoms. The Labute approximate surface area is 136 Å². The fraction of sp³-hybridized carbons (Fsp3) is 0.200. The number of carbonyl (C=O) groups is 2. The number of nitrogens with zero attached hydrogens (tertiary/aromatic N) is 2. The molecular weight excluding hydrogens is 318 g/mol. The first-order chi connectivity index (χ1) is 11.2. The van der Waals surface area contributed by atoms with Crippen LogP contribution in [0.25, 0.3) is 0 Å². The average molecular weight is 331 g/mol. The number of para-hydroxylation sites is 2. The first kappa shape index (κ1) is 15.3. The van der Waals surface area contributed by atoms with Gasteiger partial charge in [0.1, 0.15) is 6.61 Å². The average Bonchev–Trinajstić information content (AvgIpc) is 2.60. The molecule has 7 nitrogen and oxygen atoms in total. The normalized spacial score (nSPS) is 15.7. The maximum atomic E-state index is 12.1. The zero-order valence-electron chi connectivity index (χ0n) is 12.0. The van der Waals surface area contributed by atoms with Crippen LogP contribution in [-0.4, -0.2) is 40.2 Å². The van der Waals surface area contributed by atoms with E-state index in [0.717, 1.165) is 11.8 Å². The van der Waals surface area contributed by atoms with Crippen LogP contribution >= 0.6 is 11.8 Å². The Morgan fingerprint density at radius 3 is 2.70 bits per heavy atom. The zero-order valence-corrected chi connectivity index (χ0v) is 12.8. The predicted octanol–water partition coefficient (Wildman–Crippen LogP) is 1.05. The quantitative estimate of drug-likeness (QED) is 0.661. The van der Waals surface area contributed by atoms with Crippen LogP contribution < -0.4 is 14.8 Å². The molecule has 1 N–H and O–H groups in total. The van der Waals surface area contributed by atoms with Crippen molar-refractivity contribution in [2.75, 3.05) is 12.4 Å². The summed E-state index contributed by atoms with van der Waals surface area (Å²) in [4.78, 5) is 31.8. The van der Waals surface area contributed by atoms with E-state index in [1.54, 1.807) is 36.7 Å². The van der Waals surface area contributed by atoms with Gasteiger partial charge in [0, 0.05) is 12.4 Å². The molecule has 3 rings (SSSR count). The van der Waals surface area contributed by atoms with Crippen LogP contribution in [-0.2, 0) is 9.59 Å². The minimum atomic E-state index is -0.855. The van der Waals surface area contributed by atoms with Crippen molar-refractivity contribution in [2.45, 2.75) is 11.3 Å². The number of amides is 2. The van der Waals surface area contributed by atoms with Gasteiger partial charge in [-0.2, -0.15) is 0 Å². The second-order valence-electron chi connectivity index (χ2n) is 4.60. The van der Waals surface area contributed by atoms with E-state index in [-0.39, 0.29) is 12.4 Å². The molecule has 23 heavy (non-hydrogen) atoms. The molecule has 0 unspecified atom stereocenters. The minimum absolute atomic E-state index is 0.0416. The molecule has 2 aromatic rings. The molecule has 118 valence electrons. The summed E-state index contributed by atoms with van der Waals surface area (Å²) >= 11 is 1.15. The molecule has 2 heterocycles. The van der Waals surface area contributed by atoms with Gasteiger partial charge in [-0.1, -0.05) is 23.9 Å². The van der Waals surface area contributed by atoms with Crippen molar-refractivity contribution in [1.82, 2.24) is 15.3 Å². The maximum Gasteiger partial charge on any atom is 0.271 e. The molecule has 1 aliphatic heterocycles. The van der Waals surface area contributed by atoms with Crippen LogP contribution in [0.4, 0.5) is 0 Å². The van der Waals surface area contributed by atoms with Crippen molar-refractivity contribution in [3.8, 4) is 11.5 Å². The topological polar surface area (TPSA) is 90.4 Å². The molecule has 1 atom stereocenters. The molecule has 0 fully saturated rings. The minimum Gasteiger partial charge on any atom is -0.485 e. The Morgan fingerprint density at radius 1 is 1.17 bits per heavy atom. The number of carbonyl (C=O) groups excluding carboxylic acids is 2. The Bertz CT molecular complexity index is 711. The molecule has 0 saturated heterocycles. The fourth-order valence-electron chi connectivity index (χ4n) is 1.89.